The number of unbranched alkanes of at least 4 members (excludes halogenated alkanes) is 1. The summed E-state index contributed by atoms with van der Waals surface area (Å²) in [5.41, 5.74) is 0. The first-order valence-corrected chi connectivity index (χ1v) is 9.66. The molecule has 0 heterocycles. The minimum atomic E-state index is 0.687. The molecule has 124 valence electrons. The van der Waals surface area contributed by atoms with Gasteiger partial charge in [0.2, 0.25) is 0 Å². The Morgan fingerprint density at radius 2 is 1.48 bits per heavy atom. The second kappa shape index (κ2) is 13.2. The van der Waals surface area contributed by atoms with Crippen molar-refractivity contribution >= 4 is 0 Å². The van der Waals surface area contributed by atoms with E-state index in [4.69, 9.17) is 4.74 Å². The summed E-state index contributed by atoms with van der Waals surface area (Å²) in [6, 6.07) is 0. The van der Waals surface area contributed by atoms with Crippen LogP contribution in [-0.4, -0.2) is 6.61 Å². The van der Waals surface area contributed by atoms with Crippen LogP contribution in [0.15, 0.2) is 11.8 Å². The smallest absolute Gasteiger partial charge is 0.0922 e. The lowest BCUT2D eigenvalue weighted by Crippen LogP contribution is -1.99. The molecular weight excluding hydrogens is 256 g/mol. The molecule has 1 heteroatoms. The van der Waals surface area contributed by atoms with Gasteiger partial charge in [0, 0.05) is 6.42 Å². The van der Waals surface area contributed by atoms with Gasteiger partial charge >= 0.3 is 0 Å². The van der Waals surface area contributed by atoms with E-state index in [2.05, 4.69) is 19.9 Å². The first kappa shape index (κ1) is 18.6. The van der Waals surface area contributed by atoms with Gasteiger partial charge in [0.15, 0.2) is 0 Å². The van der Waals surface area contributed by atoms with Crippen molar-refractivity contribution in [3.8, 4) is 0 Å². The van der Waals surface area contributed by atoms with Crippen molar-refractivity contribution in [1.29, 1.82) is 0 Å². The summed E-state index contributed by atoms with van der Waals surface area (Å²) in [5.74, 6) is 1.97. The quantitative estimate of drug-likeness (QED) is 0.506. The van der Waals surface area contributed by atoms with Crippen LogP contribution in [0.2, 0.25) is 0 Å². The molecule has 1 unspecified atom stereocenters. The lowest BCUT2D eigenvalue weighted by molar-refractivity contribution is 0.193. The van der Waals surface area contributed by atoms with Gasteiger partial charge in [-0.1, -0.05) is 78.1 Å². The van der Waals surface area contributed by atoms with Gasteiger partial charge in [-0.25, -0.2) is 0 Å². The van der Waals surface area contributed by atoms with Crippen LogP contribution in [0.1, 0.15) is 104 Å². The number of allylic oxidation sites excluding steroid dienone is 2. The molecule has 1 atom stereocenters. The minimum absolute atomic E-state index is 0.687. The molecule has 0 N–H and O–H groups in total. The fourth-order valence-corrected chi connectivity index (χ4v) is 3.13. The molecule has 0 spiro atoms. The summed E-state index contributed by atoms with van der Waals surface area (Å²) in [6.07, 6.45) is 21.5. The van der Waals surface area contributed by atoms with Crippen LogP contribution < -0.4 is 0 Å². The zero-order chi connectivity index (χ0) is 15.2. The maximum atomic E-state index is 6.04. The molecule has 0 aliphatic heterocycles. The Kier molecular flexibility index (Phi) is 11.7. The van der Waals surface area contributed by atoms with Crippen molar-refractivity contribution in [2.24, 2.45) is 5.92 Å². The average Bonchev–Trinajstić information content (AvgIpc) is 2.48. The molecule has 0 amide bonds. The maximum Gasteiger partial charge on any atom is 0.0922 e. The van der Waals surface area contributed by atoms with Gasteiger partial charge in [0.25, 0.3) is 0 Å². The summed E-state index contributed by atoms with van der Waals surface area (Å²) in [5, 5.41) is 0. The highest BCUT2D eigenvalue weighted by atomic mass is 16.5. The zero-order valence-electron chi connectivity index (χ0n) is 14.7. The topological polar surface area (TPSA) is 9.23 Å². The lowest BCUT2D eigenvalue weighted by Gasteiger charge is -2.13. The first-order valence-electron chi connectivity index (χ1n) is 9.66. The highest BCUT2D eigenvalue weighted by Crippen LogP contribution is 2.20. The fourth-order valence-electron chi connectivity index (χ4n) is 3.13. The molecule has 0 saturated carbocycles. The monoisotopic (exact) mass is 294 g/mol. The van der Waals surface area contributed by atoms with Gasteiger partial charge in [-0.05, 0) is 31.3 Å². The third-order valence-corrected chi connectivity index (χ3v) is 4.59. The second-order valence-corrected chi connectivity index (χ2v) is 6.89. The highest BCUT2D eigenvalue weighted by molar-refractivity contribution is 4.96. The van der Waals surface area contributed by atoms with E-state index < -0.39 is 0 Å². The Morgan fingerprint density at radius 3 is 2.10 bits per heavy atom. The molecule has 0 aromatic carbocycles. The van der Waals surface area contributed by atoms with Gasteiger partial charge in [-0.3, -0.25) is 0 Å². The Labute approximate surface area is 133 Å². The van der Waals surface area contributed by atoms with Crippen molar-refractivity contribution in [2.75, 3.05) is 6.61 Å². The molecule has 1 aliphatic rings. The van der Waals surface area contributed by atoms with Crippen LogP contribution in [0.5, 0.6) is 0 Å². The Bertz CT molecular complexity index is 257. The molecular formula is C20H38O. The number of rotatable bonds is 4. The molecule has 21 heavy (non-hydrogen) atoms. The Balaban J connectivity index is 2.42. The summed E-state index contributed by atoms with van der Waals surface area (Å²) >= 11 is 0. The van der Waals surface area contributed by atoms with Crippen LogP contribution >= 0.6 is 0 Å². The van der Waals surface area contributed by atoms with E-state index in [0.717, 1.165) is 13.0 Å². The van der Waals surface area contributed by atoms with E-state index in [1.165, 1.54) is 89.2 Å². The van der Waals surface area contributed by atoms with Crippen molar-refractivity contribution in [3.63, 3.8) is 0 Å². The zero-order valence-corrected chi connectivity index (χ0v) is 14.7. The molecule has 1 aliphatic carbocycles. The van der Waals surface area contributed by atoms with Gasteiger partial charge in [0.1, 0.15) is 0 Å². The van der Waals surface area contributed by atoms with Crippen molar-refractivity contribution < 1.29 is 4.74 Å². The van der Waals surface area contributed by atoms with E-state index in [1.54, 1.807) is 0 Å². The van der Waals surface area contributed by atoms with Crippen LogP contribution in [0, 0.1) is 5.92 Å². The van der Waals surface area contributed by atoms with Crippen LogP contribution in [0.25, 0.3) is 0 Å². The van der Waals surface area contributed by atoms with Crippen LogP contribution in [0.4, 0.5) is 0 Å². The van der Waals surface area contributed by atoms with Crippen molar-refractivity contribution in [3.05, 3.63) is 11.8 Å². The molecule has 0 fully saturated rings. The van der Waals surface area contributed by atoms with E-state index in [-0.39, 0.29) is 0 Å². The Morgan fingerprint density at radius 1 is 0.905 bits per heavy atom. The van der Waals surface area contributed by atoms with Crippen molar-refractivity contribution in [1.82, 2.24) is 0 Å². The molecule has 0 aromatic rings. The SMILES string of the molecule is CCCCO/C1=C\C(C)CCCCCCCCCCCC1. The largest absolute Gasteiger partial charge is 0.498 e. The van der Waals surface area contributed by atoms with Gasteiger partial charge in [-0.2, -0.15) is 0 Å². The highest BCUT2D eigenvalue weighted by Gasteiger charge is 2.05. The standard InChI is InChI=1S/C20H38O/c1-3-4-17-21-20-16-14-12-10-8-6-5-7-9-11-13-15-19(2)18-20/h18-19H,3-17H2,1-2H3/b20-18-. The predicted molar refractivity (Wildman–Crippen MR) is 93.5 cm³/mol. The van der Waals surface area contributed by atoms with E-state index in [1.807, 2.05) is 0 Å². The third kappa shape index (κ3) is 10.8. The van der Waals surface area contributed by atoms with Crippen molar-refractivity contribution in [2.45, 2.75) is 104 Å². The molecule has 0 saturated heterocycles. The van der Waals surface area contributed by atoms with Gasteiger partial charge in [-0.15, -0.1) is 0 Å². The summed E-state index contributed by atoms with van der Waals surface area (Å²) in [4.78, 5) is 0. The normalized spacial score (nSPS) is 26.2. The maximum absolute atomic E-state index is 6.04. The molecule has 0 bridgehead atoms. The molecule has 0 aromatic heterocycles. The lowest BCUT2D eigenvalue weighted by atomic mass is 10.0. The summed E-state index contributed by atoms with van der Waals surface area (Å²) < 4.78 is 6.04. The average molecular weight is 295 g/mol. The van der Waals surface area contributed by atoms with Crippen LogP contribution in [0.3, 0.4) is 0 Å². The first-order chi connectivity index (χ1) is 10.3. The Hall–Kier alpha value is -0.460. The summed E-state index contributed by atoms with van der Waals surface area (Å²) in [7, 11) is 0. The molecule has 0 radical (unpaired) electrons. The molecule has 1 nitrogen and oxygen atoms in total. The number of hydrogen-bond donors (Lipinski definition) is 0. The van der Waals surface area contributed by atoms with E-state index >= 15 is 0 Å². The number of hydrogen-bond acceptors (Lipinski definition) is 1. The molecule has 1 rings (SSSR count). The van der Waals surface area contributed by atoms with E-state index in [0.29, 0.717) is 5.92 Å². The number of ether oxygens (including phenoxy) is 1. The van der Waals surface area contributed by atoms with Gasteiger partial charge < -0.3 is 4.74 Å². The minimum Gasteiger partial charge on any atom is -0.498 e. The fraction of sp³-hybridized carbons (Fsp3) is 0.900. The summed E-state index contributed by atoms with van der Waals surface area (Å²) in [6.45, 7) is 5.51. The predicted octanol–water partition coefficient (Wildman–Crippen LogP) is 7.02. The second-order valence-electron chi connectivity index (χ2n) is 6.89. The van der Waals surface area contributed by atoms with Gasteiger partial charge in [0.05, 0.1) is 12.4 Å². The van der Waals surface area contributed by atoms with Crippen LogP contribution in [-0.2, 0) is 4.74 Å². The van der Waals surface area contributed by atoms with E-state index in [9.17, 15) is 0 Å². The third-order valence-electron chi connectivity index (χ3n) is 4.59.